The SMILES string of the molecule is CC(C)(C)c1ccccc1N1CCN(C(=O)C(=O)NCC2(CS(=O)O)CC2)CC1. The Bertz CT molecular complexity index is 793. The van der Waals surface area contributed by atoms with E-state index in [2.05, 4.69) is 43.1 Å². The van der Waals surface area contributed by atoms with Crippen LogP contribution in [0.4, 0.5) is 5.69 Å². The molecule has 8 heteroatoms. The van der Waals surface area contributed by atoms with E-state index in [1.54, 1.807) is 4.90 Å². The van der Waals surface area contributed by atoms with Crippen molar-refractivity contribution in [2.75, 3.05) is 43.4 Å². The summed E-state index contributed by atoms with van der Waals surface area (Å²) < 4.78 is 20.1. The molecular weight excluding hydrogens is 390 g/mol. The molecule has 1 aromatic rings. The summed E-state index contributed by atoms with van der Waals surface area (Å²) in [5.74, 6) is -0.994. The first-order valence-corrected chi connectivity index (χ1v) is 11.4. The van der Waals surface area contributed by atoms with Crippen LogP contribution in [-0.2, 0) is 26.1 Å². The van der Waals surface area contributed by atoms with Crippen molar-refractivity contribution in [1.29, 1.82) is 0 Å². The van der Waals surface area contributed by atoms with Crippen LogP contribution in [0.5, 0.6) is 0 Å². The monoisotopic (exact) mass is 421 g/mol. The summed E-state index contributed by atoms with van der Waals surface area (Å²) in [5.41, 5.74) is 2.17. The van der Waals surface area contributed by atoms with E-state index in [4.69, 9.17) is 4.55 Å². The van der Waals surface area contributed by atoms with Gasteiger partial charge in [-0.15, -0.1) is 0 Å². The summed E-state index contributed by atoms with van der Waals surface area (Å²) in [5, 5.41) is 2.67. The molecule has 1 aliphatic heterocycles. The Balaban J connectivity index is 1.54. The van der Waals surface area contributed by atoms with Crippen LogP contribution in [0.2, 0.25) is 0 Å². The van der Waals surface area contributed by atoms with Crippen LogP contribution in [0.3, 0.4) is 0 Å². The average Bonchev–Trinajstić information content (AvgIpc) is 3.44. The van der Waals surface area contributed by atoms with Crippen molar-refractivity contribution in [3.05, 3.63) is 29.8 Å². The van der Waals surface area contributed by atoms with Gasteiger partial charge in [0.1, 0.15) is 0 Å². The quantitative estimate of drug-likeness (QED) is 0.558. The molecule has 2 aliphatic rings. The van der Waals surface area contributed by atoms with E-state index < -0.39 is 22.9 Å². The smallest absolute Gasteiger partial charge is 0.312 e. The maximum absolute atomic E-state index is 12.5. The van der Waals surface area contributed by atoms with E-state index in [-0.39, 0.29) is 23.1 Å². The second kappa shape index (κ2) is 8.44. The number of para-hydroxylation sites is 1. The molecule has 0 aromatic heterocycles. The number of amides is 2. The molecule has 1 unspecified atom stereocenters. The van der Waals surface area contributed by atoms with Gasteiger partial charge in [-0.25, -0.2) is 4.21 Å². The molecule has 1 aliphatic carbocycles. The zero-order valence-electron chi connectivity index (χ0n) is 17.4. The highest BCUT2D eigenvalue weighted by molar-refractivity contribution is 7.79. The van der Waals surface area contributed by atoms with Crippen molar-refractivity contribution in [3.8, 4) is 0 Å². The minimum Gasteiger partial charge on any atom is -0.368 e. The highest BCUT2D eigenvalue weighted by atomic mass is 32.2. The second-order valence-electron chi connectivity index (χ2n) is 9.19. The van der Waals surface area contributed by atoms with E-state index >= 15 is 0 Å². The average molecular weight is 422 g/mol. The van der Waals surface area contributed by atoms with Crippen molar-refractivity contribution in [1.82, 2.24) is 10.2 Å². The molecule has 1 heterocycles. The highest BCUT2D eigenvalue weighted by Crippen LogP contribution is 2.45. The zero-order chi connectivity index (χ0) is 21.2. The van der Waals surface area contributed by atoms with E-state index in [9.17, 15) is 13.8 Å². The number of nitrogens with one attached hydrogen (secondary N) is 1. The third-order valence-electron chi connectivity index (χ3n) is 5.82. The largest absolute Gasteiger partial charge is 0.368 e. The van der Waals surface area contributed by atoms with Gasteiger partial charge in [0.05, 0.1) is 5.75 Å². The van der Waals surface area contributed by atoms with E-state index in [1.807, 2.05) is 12.1 Å². The fraction of sp³-hybridized carbons (Fsp3) is 0.619. The Morgan fingerprint density at radius 3 is 2.31 bits per heavy atom. The van der Waals surface area contributed by atoms with Crippen LogP contribution in [0.25, 0.3) is 0 Å². The lowest BCUT2D eigenvalue weighted by Gasteiger charge is -2.38. The van der Waals surface area contributed by atoms with Crippen LogP contribution in [0, 0.1) is 5.41 Å². The molecular formula is C21H31N3O4S. The van der Waals surface area contributed by atoms with Gasteiger partial charge in [-0.1, -0.05) is 39.0 Å². The van der Waals surface area contributed by atoms with Gasteiger partial charge in [-0.2, -0.15) is 0 Å². The summed E-state index contributed by atoms with van der Waals surface area (Å²) in [4.78, 5) is 28.7. The third kappa shape index (κ3) is 5.36. The number of carbonyl (C=O) groups excluding carboxylic acids is 2. The molecule has 2 fully saturated rings. The first kappa shape index (κ1) is 21.8. The van der Waals surface area contributed by atoms with Crippen LogP contribution < -0.4 is 10.2 Å². The Hall–Kier alpha value is -1.93. The minimum atomic E-state index is -1.89. The molecule has 1 saturated carbocycles. The fourth-order valence-corrected chi connectivity index (χ4v) is 4.75. The standard InChI is InChI=1S/C21H31N3O4S/c1-20(2,3)16-6-4-5-7-17(16)23-10-12-24(13-11-23)19(26)18(25)22-14-21(8-9-21)15-29(27)28/h4-7H,8-15H2,1-3H3,(H,22,25)(H,27,28). The molecule has 1 atom stereocenters. The number of rotatable bonds is 5. The lowest BCUT2D eigenvalue weighted by atomic mass is 9.85. The number of carbonyl (C=O) groups is 2. The van der Waals surface area contributed by atoms with Gasteiger partial charge in [0.2, 0.25) is 0 Å². The summed E-state index contributed by atoms with van der Waals surface area (Å²) in [7, 11) is 0. The maximum Gasteiger partial charge on any atom is 0.312 e. The summed E-state index contributed by atoms with van der Waals surface area (Å²) >= 11 is -1.89. The summed E-state index contributed by atoms with van der Waals surface area (Å²) in [6.45, 7) is 9.20. The molecule has 2 amide bonds. The molecule has 160 valence electrons. The van der Waals surface area contributed by atoms with E-state index in [1.165, 1.54) is 11.3 Å². The first-order valence-electron chi connectivity index (χ1n) is 10.1. The van der Waals surface area contributed by atoms with Crippen molar-refractivity contribution < 1.29 is 18.4 Å². The number of benzene rings is 1. The maximum atomic E-state index is 12.5. The van der Waals surface area contributed by atoms with Gasteiger partial charge < -0.3 is 19.7 Å². The predicted octanol–water partition coefficient (Wildman–Crippen LogP) is 1.75. The topological polar surface area (TPSA) is 90.0 Å². The van der Waals surface area contributed by atoms with Gasteiger partial charge in [0, 0.05) is 43.8 Å². The van der Waals surface area contributed by atoms with Crippen molar-refractivity contribution in [3.63, 3.8) is 0 Å². The third-order valence-corrected chi connectivity index (χ3v) is 6.68. The van der Waals surface area contributed by atoms with Gasteiger partial charge in [-0.05, 0) is 29.9 Å². The van der Waals surface area contributed by atoms with Gasteiger partial charge in [-0.3, -0.25) is 9.59 Å². The molecule has 0 spiro atoms. The molecule has 1 saturated heterocycles. The van der Waals surface area contributed by atoms with Crippen molar-refractivity contribution in [2.45, 2.75) is 39.0 Å². The van der Waals surface area contributed by atoms with Gasteiger partial charge >= 0.3 is 11.8 Å². The number of nitrogens with zero attached hydrogens (tertiary/aromatic N) is 2. The number of hydrogen-bond acceptors (Lipinski definition) is 4. The van der Waals surface area contributed by atoms with Crippen LogP contribution in [0.1, 0.15) is 39.2 Å². The highest BCUT2D eigenvalue weighted by Gasteiger charge is 2.44. The van der Waals surface area contributed by atoms with Crippen molar-refractivity contribution >= 4 is 28.6 Å². The molecule has 1 aromatic carbocycles. The molecule has 3 rings (SSSR count). The summed E-state index contributed by atoms with van der Waals surface area (Å²) in [6.07, 6.45) is 1.61. The number of hydrogen-bond donors (Lipinski definition) is 2. The Kier molecular flexibility index (Phi) is 6.33. The molecule has 0 radical (unpaired) electrons. The zero-order valence-corrected chi connectivity index (χ0v) is 18.3. The predicted molar refractivity (Wildman–Crippen MR) is 114 cm³/mol. The van der Waals surface area contributed by atoms with Crippen LogP contribution in [0.15, 0.2) is 24.3 Å². The molecule has 29 heavy (non-hydrogen) atoms. The molecule has 0 bridgehead atoms. The number of anilines is 1. The second-order valence-corrected chi connectivity index (χ2v) is 10.1. The number of piperazine rings is 1. The van der Waals surface area contributed by atoms with Crippen molar-refractivity contribution in [2.24, 2.45) is 5.41 Å². The molecule has 7 nitrogen and oxygen atoms in total. The Morgan fingerprint density at radius 1 is 1.14 bits per heavy atom. The normalized spacial score (nSPS) is 19.6. The van der Waals surface area contributed by atoms with Gasteiger partial charge in [0.15, 0.2) is 11.1 Å². The van der Waals surface area contributed by atoms with E-state index in [0.717, 1.165) is 12.8 Å². The van der Waals surface area contributed by atoms with Crippen LogP contribution in [-0.4, -0.2) is 64.0 Å². The summed E-state index contributed by atoms with van der Waals surface area (Å²) in [6, 6.07) is 8.34. The first-order chi connectivity index (χ1) is 13.6. The lowest BCUT2D eigenvalue weighted by molar-refractivity contribution is -0.146. The Labute approximate surface area is 175 Å². The Morgan fingerprint density at radius 2 is 1.76 bits per heavy atom. The fourth-order valence-electron chi connectivity index (χ4n) is 3.83. The van der Waals surface area contributed by atoms with E-state index in [0.29, 0.717) is 26.2 Å². The molecule has 2 N–H and O–H groups in total. The van der Waals surface area contributed by atoms with Crippen LogP contribution >= 0.6 is 0 Å². The minimum absolute atomic E-state index is 0.0282. The lowest BCUT2D eigenvalue weighted by Crippen LogP contribution is -2.53. The van der Waals surface area contributed by atoms with Gasteiger partial charge in [0.25, 0.3) is 0 Å².